The van der Waals surface area contributed by atoms with E-state index in [1.807, 2.05) is 5.06 Å². The van der Waals surface area contributed by atoms with Crippen molar-refractivity contribution in [2.24, 2.45) is 40.9 Å². The van der Waals surface area contributed by atoms with E-state index in [1.54, 1.807) is 6.92 Å². The molecule has 2 saturated heterocycles. The number of piperidine rings is 1. The quantitative estimate of drug-likeness (QED) is 0.395. The Bertz CT molecular complexity index is 891. The smallest absolute Gasteiger partial charge is 0.240 e. The van der Waals surface area contributed by atoms with Crippen molar-refractivity contribution in [2.45, 2.75) is 116 Å². The number of fused-ring (bicyclic) bond motifs is 2. The normalized spacial score (nSPS) is 43.4. The Labute approximate surface area is 229 Å². The first kappa shape index (κ1) is 28.4. The third-order valence-corrected chi connectivity index (χ3v) is 11.1. The molecule has 6 aliphatic rings. The second-order valence-corrected chi connectivity index (χ2v) is 13.8. The number of hydrogen-bond donors (Lipinski definition) is 4. The van der Waals surface area contributed by atoms with Crippen molar-refractivity contribution in [3.8, 4) is 11.8 Å². The largest absolute Gasteiger partial charge is 0.394 e. The maximum atomic E-state index is 13.9. The van der Waals surface area contributed by atoms with Crippen LogP contribution in [0, 0.1) is 52.8 Å². The van der Waals surface area contributed by atoms with Crippen LogP contribution in [0.3, 0.4) is 0 Å². The Morgan fingerprint density at radius 1 is 1.16 bits per heavy atom. The molecule has 7 nitrogen and oxygen atoms in total. The fourth-order valence-electron chi connectivity index (χ4n) is 8.54. The SMILES string of the molecule is C[C@H](O)[C@@H]1[C@H](CO)ON(CC2CCCC(C#CC3CCCCN3)C2)[C@@H]1C(=O)N[C@H]1C[C@H]2CC([C@@H]1C)C2(C)C. The lowest BCUT2D eigenvalue weighted by atomic mass is 9.45. The first-order valence-electron chi connectivity index (χ1n) is 15.5. The highest BCUT2D eigenvalue weighted by Crippen LogP contribution is 2.61. The molecule has 0 aromatic heterocycles. The zero-order valence-electron chi connectivity index (χ0n) is 24.0. The number of nitrogens with zero attached hydrogens (tertiary/aromatic N) is 1. The Hall–Kier alpha value is -1.17. The van der Waals surface area contributed by atoms with Crippen molar-refractivity contribution in [3.63, 3.8) is 0 Å². The maximum absolute atomic E-state index is 13.9. The van der Waals surface area contributed by atoms with Gasteiger partial charge in [-0.2, -0.15) is 5.06 Å². The topological polar surface area (TPSA) is 94.1 Å². The monoisotopic (exact) mass is 529 g/mol. The van der Waals surface area contributed by atoms with E-state index in [0.29, 0.717) is 47.6 Å². The van der Waals surface area contributed by atoms with E-state index in [2.05, 4.69) is 43.2 Å². The lowest BCUT2D eigenvalue weighted by Crippen LogP contribution is -2.62. The van der Waals surface area contributed by atoms with Crippen molar-refractivity contribution in [1.82, 2.24) is 15.7 Å². The van der Waals surface area contributed by atoms with Gasteiger partial charge in [-0.1, -0.05) is 39.0 Å². The lowest BCUT2D eigenvalue weighted by Gasteiger charge is -2.62. The number of nitrogens with one attached hydrogen (secondary N) is 2. The minimum atomic E-state index is -0.753. The van der Waals surface area contributed by atoms with Gasteiger partial charge in [-0.05, 0) is 93.9 Å². The summed E-state index contributed by atoms with van der Waals surface area (Å²) in [6.45, 7) is 10.2. The molecule has 1 amide bonds. The molecule has 7 heteroatoms. The second kappa shape index (κ2) is 11.7. The zero-order chi connectivity index (χ0) is 27.0. The summed E-state index contributed by atoms with van der Waals surface area (Å²) in [6.07, 6.45) is 8.97. The summed E-state index contributed by atoms with van der Waals surface area (Å²) in [4.78, 5) is 20.1. The van der Waals surface area contributed by atoms with Gasteiger partial charge in [0, 0.05) is 24.4 Å². The number of rotatable bonds is 6. The molecule has 2 bridgehead atoms. The number of carbonyl (C=O) groups excluding carboxylic acids is 1. The molecule has 0 aromatic carbocycles. The van der Waals surface area contributed by atoms with E-state index in [0.717, 1.165) is 45.1 Å². The van der Waals surface area contributed by atoms with Crippen molar-refractivity contribution in [2.75, 3.05) is 19.7 Å². The van der Waals surface area contributed by atoms with Crippen LogP contribution in [0.5, 0.6) is 0 Å². The predicted molar refractivity (Wildman–Crippen MR) is 148 cm³/mol. The van der Waals surface area contributed by atoms with Crippen LogP contribution in [0.15, 0.2) is 0 Å². The molecule has 4 saturated carbocycles. The van der Waals surface area contributed by atoms with Gasteiger partial charge in [0.25, 0.3) is 0 Å². The van der Waals surface area contributed by atoms with Crippen LogP contribution in [0.25, 0.3) is 0 Å². The fourth-order valence-corrected chi connectivity index (χ4v) is 8.54. The number of aliphatic hydroxyl groups excluding tert-OH is 2. The van der Waals surface area contributed by atoms with Gasteiger partial charge in [0.1, 0.15) is 12.1 Å². The Morgan fingerprint density at radius 2 is 1.97 bits per heavy atom. The molecular weight excluding hydrogens is 478 g/mol. The average molecular weight is 530 g/mol. The van der Waals surface area contributed by atoms with Crippen molar-refractivity contribution < 1.29 is 19.8 Å². The van der Waals surface area contributed by atoms with Crippen LogP contribution in [-0.4, -0.2) is 71.2 Å². The summed E-state index contributed by atoms with van der Waals surface area (Å²) in [5.41, 5.74) is 0.362. The van der Waals surface area contributed by atoms with Gasteiger partial charge >= 0.3 is 0 Å². The molecular formula is C31H51N3O4. The highest BCUT2D eigenvalue weighted by atomic mass is 16.7. The molecule has 0 radical (unpaired) electrons. The molecule has 11 atom stereocenters. The van der Waals surface area contributed by atoms with Gasteiger partial charge in [-0.3, -0.25) is 9.63 Å². The van der Waals surface area contributed by atoms with E-state index in [4.69, 9.17) is 4.84 Å². The van der Waals surface area contributed by atoms with Crippen molar-refractivity contribution in [3.05, 3.63) is 0 Å². The van der Waals surface area contributed by atoms with E-state index in [-0.39, 0.29) is 18.6 Å². The fraction of sp³-hybridized carbons (Fsp3) is 0.903. The van der Waals surface area contributed by atoms with Gasteiger partial charge < -0.3 is 20.8 Å². The number of hydrogen-bond acceptors (Lipinski definition) is 6. The van der Waals surface area contributed by atoms with Crippen LogP contribution < -0.4 is 10.6 Å². The third kappa shape index (κ3) is 5.67. The molecule has 0 aromatic rings. The molecule has 6 fully saturated rings. The van der Waals surface area contributed by atoms with E-state index in [1.165, 1.54) is 19.3 Å². The number of carbonyl (C=O) groups is 1. The standard InChI is InChI=1S/C31H51N3O4/c1-19-25-15-23(31(25,3)4)16-26(19)33-30(37)29-28(20(2)36)27(18-35)38-34(29)17-22-9-7-8-21(14-22)11-12-24-10-5-6-13-32-24/h19-29,32,35-36H,5-10,13-18H2,1-4H3,(H,33,37)/t19-,20-,21?,22?,23+,24?,25?,26-,27-,28+,29-/m0/s1. The Morgan fingerprint density at radius 3 is 2.63 bits per heavy atom. The highest BCUT2D eigenvalue weighted by Gasteiger charge is 2.57. The first-order valence-corrected chi connectivity index (χ1v) is 15.5. The minimum Gasteiger partial charge on any atom is -0.394 e. The summed E-state index contributed by atoms with van der Waals surface area (Å²) in [5.74, 6) is 9.05. The molecule has 0 spiro atoms. The predicted octanol–water partition coefficient (Wildman–Crippen LogP) is 3.10. The number of hydroxylamine groups is 2. The molecule has 2 heterocycles. The minimum absolute atomic E-state index is 0.0571. The van der Waals surface area contributed by atoms with Gasteiger partial charge in [0.05, 0.1) is 18.8 Å². The third-order valence-electron chi connectivity index (χ3n) is 11.1. The van der Waals surface area contributed by atoms with Crippen molar-refractivity contribution in [1.29, 1.82) is 0 Å². The summed E-state index contributed by atoms with van der Waals surface area (Å²) in [7, 11) is 0. The molecule has 4 N–H and O–H groups in total. The summed E-state index contributed by atoms with van der Waals surface area (Å²) < 4.78 is 0. The molecule has 6 rings (SSSR count). The zero-order valence-corrected chi connectivity index (χ0v) is 24.0. The van der Waals surface area contributed by atoms with Crippen LogP contribution in [0.2, 0.25) is 0 Å². The van der Waals surface area contributed by atoms with E-state index < -0.39 is 24.2 Å². The molecule has 4 unspecified atom stereocenters. The molecule has 2 aliphatic heterocycles. The van der Waals surface area contributed by atoms with E-state index >= 15 is 0 Å². The van der Waals surface area contributed by atoms with Crippen LogP contribution in [0.4, 0.5) is 0 Å². The van der Waals surface area contributed by atoms with Crippen LogP contribution in [-0.2, 0) is 9.63 Å². The molecule has 4 aliphatic carbocycles. The Kier molecular flexibility index (Phi) is 8.77. The average Bonchev–Trinajstić information content (AvgIpc) is 3.27. The van der Waals surface area contributed by atoms with Gasteiger partial charge in [-0.25, -0.2) is 0 Å². The molecule has 38 heavy (non-hydrogen) atoms. The van der Waals surface area contributed by atoms with Crippen LogP contribution in [0.1, 0.15) is 85.5 Å². The Balaban J connectivity index is 1.25. The molecule has 214 valence electrons. The highest BCUT2D eigenvalue weighted by molar-refractivity contribution is 5.82. The summed E-state index contributed by atoms with van der Waals surface area (Å²) in [6, 6.07) is -0.106. The van der Waals surface area contributed by atoms with Gasteiger partial charge in [0.15, 0.2) is 0 Å². The summed E-state index contributed by atoms with van der Waals surface area (Å²) >= 11 is 0. The van der Waals surface area contributed by atoms with Crippen molar-refractivity contribution >= 4 is 5.91 Å². The first-order chi connectivity index (χ1) is 18.2. The second-order valence-electron chi connectivity index (χ2n) is 13.8. The maximum Gasteiger partial charge on any atom is 0.240 e. The van der Waals surface area contributed by atoms with Crippen LogP contribution >= 0.6 is 0 Å². The lowest BCUT2D eigenvalue weighted by molar-refractivity contribution is -0.184. The number of aliphatic hydroxyl groups is 2. The van der Waals surface area contributed by atoms with Gasteiger partial charge in [-0.15, -0.1) is 0 Å². The number of amides is 1. The van der Waals surface area contributed by atoms with Gasteiger partial charge in [0.2, 0.25) is 5.91 Å². The summed E-state index contributed by atoms with van der Waals surface area (Å²) in [5, 5.41) is 29.5. The van der Waals surface area contributed by atoms with E-state index in [9.17, 15) is 15.0 Å².